The minimum absolute atomic E-state index is 0.167. The first-order chi connectivity index (χ1) is 13.3. The highest BCUT2D eigenvalue weighted by Gasteiger charge is 2.19. The summed E-state index contributed by atoms with van der Waals surface area (Å²) in [6.45, 7) is 0.810. The first-order valence-electron chi connectivity index (χ1n) is 8.04. The van der Waals surface area contributed by atoms with E-state index in [0.29, 0.717) is 5.69 Å². The van der Waals surface area contributed by atoms with E-state index in [2.05, 4.69) is 10.6 Å². The van der Waals surface area contributed by atoms with Crippen molar-refractivity contribution in [1.82, 2.24) is 5.32 Å². The Morgan fingerprint density at radius 2 is 1.96 bits per heavy atom. The first kappa shape index (κ1) is 20.9. The zero-order valence-corrected chi connectivity index (χ0v) is 15.4. The molecule has 0 radical (unpaired) electrons. The Hall–Kier alpha value is -3.44. The van der Waals surface area contributed by atoms with Gasteiger partial charge in [0.2, 0.25) is 0 Å². The topological polar surface area (TPSA) is 108 Å². The van der Waals surface area contributed by atoms with Gasteiger partial charge in [0.05, 0.1) is 16.1 Å². The molecular weight excluding hydrogens is 389 g/mol. The number of benzene rings is 2. The molecule has 144 valence electrons. The number of carbonyl (C=O) groups excluding carboxylic acids is 3. The van der Waals surface area contributed by atoms with E-state index in [1.807, 2.05) is 6.07 Å². The average Bonchev–Trinajstić information content (AvgIpc) is 2.66. The number of amides is 2. The van der Waals surface area contributed by atoms with Crippen molar-refractivity contribution in [2.75, 3.05) is 11.9 Å². The lowest BCUT2D eigenvalue weighted by Crippen LogP contribution is -2.36. The molecule has 0 bridgehead atoms. The summed E-state index contributed by atoms with van der Waals surface area (Å²) in [6.07, 6.45) is -1.16. The van der Waals surface area contributed by atoms with Crippen LogP contribution < -0.4 is 10.6 Å². The van der Waals surface area contributed by atoms with Gasteiger partial charge in [0.1, 0.15) is 18.4 Å². The van der Waals surface area contributed by atoms with E-state index in [0.717, 1.165) is 6.07 Å². The normalized spacial score (nSPS) is 11.1. The van der Waals surface area contributed by atoms with Gasteiger partial charge in [-0.05, 0) is 37.3 Å². The molecule has 9 heteroatoms. The summed E-state index contributed by atoms with van der Waals surface area (Å²) >= 11 is 5.88. The summed E-state index contributed by atoms with van der Waals surface area (Å²) in [5.74, 6) is -3.00. The van der Waals surface area contributed by atoms with E-state index in [4.69, 9.17) is 21.6 Å². The average molecular weight is 404 g/mol. The van der Waals surface area contributed by atoms with Crippen molar-refractivity contribution in [2.45, 2.75) is 13.0 Å². The Labute approximate surface area is 165 Å². The van der Waals surface area contributed by atoms with Gasteiger partial charge in [0.25, 0.3) is 11.8 Å². The third kappa shape index (κ3) is 5.53. The maximum atomic E-state index is 13.5. The minimum Gasteiger partial charge on any atom is -0.451 e. The Balaban J connectivity index is 1.85. The van der Waals surface area contributed by atoms with Crippen molar-refractivity contribution in [3.63, 3.8) is 0 Å². The van der Waals surface area contributed by atoms with Gasteiger partial charge in [-0.2, -0.15) is 5.26 Å². The molecule has 0 aliphatic rings. The first-order valence-corrected chi connectivity index (χ1v) is 8.42. The van der Waals surface area contributed by atoms with Gasteiger partial charge in [-0.15, -0.1) is 0 Å². The molecule has 2 rings (SSSR count). The van der Waals surface area contributed by atoms with Gasteiger partial charge < -0.3 is 15.4 Å². The van der Waals surface area contributed by atoms with Crippen molar-refractivity contribution in [1.29, 1.82) is 5.26 Å². The van der Waals surface area contributed by atoms with Crippen LogP contribution in [-0.2, 0) is 14.3 Å². The molecule has 0 aromatic heterocycles. The molecule has 0 fully saturated rings. The fourth-order valence-electron chi connectivity index (χ4n) is 2.11. The van der Waals surface area contributed by atoms with Crippen LogP contribution >= 0.6 is 11.6 Å². The second kappa shape index (κ2) is 9.48. The zero-order chi connectivity index (χ0) is 20.7. The lowest BCUT2D eigenvalue weighted by atomic mass is 10.2. The van der Waals surface area contributed by atoms with Gasteiger partial charge in [0, 0.05) is 5.69 Å². The van der Waals surface area contributed by atoms with Crippen LogP contribution in [0.15, 0.2) is 42.5 Å². The quantitative estimate of drug-likeness (QED) is 0.721. The SMILES string of the molecule is CC(OC(=O)CNC(=O)c1ccccc1F)C(=O)Nc1ccc(C#N)c(Cl)c1. The number of hydrogen-bond acceptors (Lipinski definition) is 5. The molecule has 2 aromatic rings. The Bertz CT molecular complexity index is 958. The minimum atomic E-state index is -1.16. The van der Waals surface area contributed by atoms with Gasteiger partial charge >= 0.3 is 5.97 Å². The number of esters is 1. The third-order valence-electron chi connectivity index (χ3n) is 3.55. The fraction of sp³-hybridized carbons (Fsp3) is 0.158. The van der Waals surface area contributed by atoms with Crippen molar-refractivity contribution in [3.8, 4) is 6.07 Å². The number of nitrogens with zero attached hydrogens (tertiary/aromatic N) is 1. The molecular formula is C19H15ClFN3O4. The van der Waals surface area contributed by atoms with E-state index in [1.165, 1.54) is 43.3 Å². The summed E-state index contributed by atoms with van der Waals surface area (Å²) < 4.78 is 18.4. The van der Waals surface area contributed by atoms with E-state index in [9.17, 15) is 18.8 Å². The van der Waals surface area contributed by atoms with E-state index in [-0.39, 0.29) is 16.1 Å². The number of nitriles is 1. The summed E-state index contributed by atoms with van der Waals surface area (Å²) in [4.78, 5) is 35.7. The molecule has 28 heavy (non-hydrogen) atoms. The largest absolute Gasteiger partial charge is 0.451 e. The number of anilines is 1. The van der Waals surface area contributed by atoms with Gasteiger partial charge in [-0.25, -0.2) is 4.39 Å². The molecule has 2 N–H and O–H groups in total. The molecule has 0 heterocycles. The van der Waals surface area contributed by atoms with Crippen molar-refractivity contribution < 1.29 is 23.5 Å². The number of hydrogen-bond donors (Lipinski definition) is 2. The Morgan fingerprint density at radius 1 is 1.25 bits per heavy atom. The summed E-state index contributed by atoms with van der Waals surface area (Å²) in [7, 11) is 0. The lowest BCUT2D eigenvalue weighted by molar-refractivity contribution is -0.152. The number of ether oxygens (including phenoxy) is 1. The number of halogens is 2. The van der Waals surface area contributed by atoms with Gasteiger partial charge in [0.15, 0.2) is 6.10 Å². The number of carbonyl (C=O) groups is 3. The van der Waals surface area contributed by atoms with Gasteiger partial charge in [-0.3, -0.25) is 14.4 Å². The maximum absolute atomic E-state index is 13.5. The van der Waals surface area contributed by atoms with E-state index >= 15 is 0 Å². The Kier molecular flexibility index (Phi) is 7.07. The van der Waals surface area contributed by atoms with Crippen LogP contribution in [0.5, 0.6) is 0 Å². The van der Waals surface area contributed by atoms with Crippen molar-refractivity contribution >= 4 is 35.1 Å². The lowest BCUT2D eigenvalue weighted by Gasteiger charge is -2.14. The highest BCUT2D eigenvalue weighted by Crippen LogP contribution is 2.20. The van der Waals surface area contributed by atoms with Crippen molar-refractivity contribution in [3.05, 3.63) is 64.4 Å². The summed E-state index contributed by atoms with van der Waals surface area (Å²) in [5, 5.41) is 13.7. The summed E-state index contributed by atoms with van der Waals surface area (Å²) in [5.41, 5.74) is 0.369. The van der Waals surface area contributed by atoms with Crippen LogP contribution in [0.3, 0.4) is 0 Å². The molecule has 0 saturated heterocycles. The second-order valence-corrected chi connectivity index (χ2v) is 6.00. The van der Waals surface area contributed by atoms with Crippen LogP contribution in [0.25, 0.3) is 0 Å². The highest BCUT2D eigenvalue weighted by molar-refractivity contribution is 6.32. The molecule has 1 unspecified atom stereocenters. The Morgan fingerprint density at radius 3 is 2.61 bits per heavy atom. The van der Waals surface area contributed by atoms with Crippen LogP contribution in [0.1, 0.15) is 22.8 Å². The molecule has 1 atom stereocenters. The molecule has 2 aromatic carbocycles. The number of rotatable bonds is 6. The molecule has 0 saturated carbocycles. The number of nitrogens with one attached hydrogen (secondary N) is 2. The van der Waals surface area contributed by atoms with Gasteiger partial charge in [-0.1, -0.05) is 23.7 Å². The predicted octanol–water partition coefficient (Wildman–Crippen LogP) is 2.65. The van der Waals surface area contributed by atoms with Crippen LogP contribution in [0.4, 0.5) is 10.1 Å². The van der Waals surface area contributed by atoms with Crippen LogP contribution in [-0.4, -0.2) is 30.4 Å². The fourth-order valence-corrected chi connectivity index (χ4v) is 2.34. The van der Waals surface area contributed by atoms with E-state index < -0.39 is 36.2 Å². The standard InChI is InChI=1S/C19H15ClFN3O4/c1-11(18(26)24-13-7-6-12(9-22)15(20)8-13)28-17(25)10-23-19(27)14-4-2-3-5-16(14)21/h2-8,11H,10H2,1H3,(H,23,27)(H,24,26). The zero-order valence-electron chi connectivity index (χ0n) is 14.7. The maximum Gasteiger partial charge on any atom is 0.326 e. The molecule has 0 spiro atoms. The highest BCUT2D eigenvalue weighted by atomic mass is 35.5. The molecule has 0 aliphatic heterocycles. The molecule has 2 amide bonds. The third-order valence-corrected chi connectivity index (χ3v) is 3.86. The summed E-state index contributed by atoms with van der Waals surface area (Å²) in [6, 6.07) is 11.5. The van der Waals surface area contributed by atoms with Crippen LogP contribution in [0, 0.1) is 17.1 Å². The second-order valence-electron chi connectivity index (χ2n) is 5.59. The molecule has 0 aliphatic carbocycles. The van der Waals surface area contributed by atoms with Crippen LogP contribution in [0.2, 0.25) is 5.02 Å². The monoisotopic (exact) mass is 403 g/mol. The smallest absolute Gasteiger partial charge is 0.326 e. The van der Waals surface area contributed by atoms with E-state index in [1.54, 1.807) is 0 Å². The predicted molar refractivity (Wildman–Crippen MR) is 99.1 cm³/mol. The molecule has 7 nitrogen and oxygen atoms in total. The van der Waals surface area contributed by atoms with Crippen molar-refractivity contribution in [2.24, 2.45) is 0 Å².